The summed E-state index contributed by atoms with van der Waals surface area (Å²) in [6.45, 7) is 1.91. The van der Waals surface area contributed by atoms with Crippen molar-refractivity contribution in [1.29, 1.82) is 0 Å². The minimum absolute atomic E-state index is 0.00611. The first-order chi connectivity index (χ1) is 19.9. The predicted octanol–water partition coefficient (Wildman–Crippen LogP) is 7.71. The maximum atomic E-state index is 13.9. The van der Waals surface area contributed by atoms with E-state index in [9.17, 15) is 9.59 Å². The summed E-state index contributed by atoms with van der Waals surface area (Å²) >= 11 is 8.99. The average Bonchev–Trinajstić information content (AvgIpc) is 3.36. The van der Waals surface area contributed by atoms with Crippen LogP contribution in [0.15, 0.2) is 125 Å². The predicted molar refractivity (Wildman–Crippen MR) is 172 cm³/mol. The van der Waals surface area contributed by atoms with Crippen LogP contribution in [0.2, 0.25) is 0 Å². The summed E-state index contributed by atoms with van der Waals surface area (Å²) < 4.78 is 3.13. The van der Waals surface area contributed by atoms with E-state index in [1.165, 1.54) is 4.90 Å². The Kier molecular flexibility index (Phi) is 7.22. The van der Waals surface area contributed by atoms with E-state index in [-0.39, 0.29) is 10.7 Å². The number of amides is 2. The van der Waals surface area contributed by atoms with E-state index in [2.05, 4.69) is 25.8 Å². The van der Waals surface area contributed by atoms with E-state index in [4.69, 9.17) is 12.2 Å². The summed E-state index contributed by atoms with van der Waals surface area (Å²) in [7, 11) is 0. The third-order valence-electron chi connectivity index (χ3n) is 6.99. The third-order valence-corrected chi connectivity index (χ3v) is 7.80. The van der Waals surface area contributed by atoms with Gasteiger partial charge in [-0.3, -0.25) is 19.8 Å². The van der Waals surface area contributed by atoms with Gasteiger partial charge >= 0.3 is 0 Å². The first-order valence-electron chi connectivity index (χ1n) is 13.0. The lowest BCUT2D eigenvalue weighted by molar-refractivity contribution is -0.122. The lowest BCUT2D eigenvalue weighted by atomic mass is 10.0. The first kappa shape index (κ1) is 26.6. The second kappa shape index (κ2) is 11.1. The van der Waals surface area contributed by atoms with Crippen LogP contribution in [0.1, 0.15) is 11.1 Å². The van der Waals surface area contributed by atoms with Crippen LogP contribution < -0.4 is 10.2 Å². The number of thiocarbonyl (C=S) groups is 1. The molecule has 2 heterocycles. The van der Waals surface area contributed by atoms with Gasteiger partial charge in [-0.2, -0.15) is 0 Å². The molecule has 0 radical (unpaired) electrons. The van der Waals surface area contributed by atoms with Gasteiger partial charge in [0.15, 0.2) is 5.11 Å². The van der Waals surface area contributed by atoms with Crippen LogP contribution in [0.4, 0.5) is 5.69 Å². The number of hydrogen-bond donors (Lipinski definition) is 1. The van der Waals surface area contributed by atoms with Gasteiger partial charge in [-0.1, -0.05) is 94.8 Å². The Labute approximate surface area is 251 Å². The quantitative estimate of drug-likeness (QED) is 0.125. The summed E-state index contributed by atoms with van der Waals surface area (Å²) in [5.74, 6) is -0.994. The van der Waals surface area contributed by atoms with Crippen molar-refractivity contribution in [3.05, 3.63) is 136 Å². The molecule has 5 nitrogen and oxygen atoms in total. The lowest BCUT2D eigenvalue weighted by Gasteiger charge is -2.30. The molecule has 1 N–H and O–H groups in total. The summed E-state index contributed by atoms with van der Waals surface area (Å²) in [4.78, 5) is 28.6. The van der Waals surface area contributed by atoms with Crippen LogP contribution in [0.25, 0.3) is 34.3 Å². The molecule has 0 bridgehead atoms. The number of aromatic nitrogens is 1. The van der Waals surface area contributed by atoms with E-state index in [1.807, 2.05) is 122 Å². The fourth-order valence-electron chi connectivity index (χ4n) is 5.06. The van der Waals surface area contributed by atoms with E-state index in [1.54, 1.807) is 6.08 Å². The molecule has 1 fully saturated rings. The smallest absolute Gasteiger partial charge is 0.270 e. The van der Waals surface area contributed by atoms with Gasteiger partial charge in [0.1, 0.15) is 5.57 Å². The van der Waals surface area contributed by atoms with Crippen molar-refractivity contribution < 1.29 is 9.59 Å². The molecule has 0 atom stereocenters. The van der Waals surface area contributed by atoms with Crippen LogP contribution in [0.5, 0.6) is 0 Å². The van der Waals surface area contributed by atoms with Crippen molar-refractivity contribution in [2.24, 2.45) is 0 Å². The zero-order valence-corrected chi connectivity index (χ0v) is 24.4. The van der Waals surface area contributed by atoms with Crippen molar-refractivity contribution in [2.75, 3.05) is 4.90 Å². The van der Waals surface area contributed by atoms with Crippen LogP contribution in [-0.4, -0.2) is 21.5 Å². The molecule has 1 aliphatic rings. The molecule has 0 saturated carbocycles. The Morgan fingerprint density at radius 3 is 2.05 bits per heavy atom. The second-order valence-electron chi connectivity index (χ2n) is 9.62. The Morgan fingerprint density at radius 1 is 0.780 bits per heavy atom. The van der Waals surface area contributed by atoms with Gasteiger partial charge in [0.2, 0.25) is 0 Å². The highest BCUT2D eigenvalue weighted by atomic mass is 79.9. The molecule has 0 aliphatic carbocycles. The van der Waals surface area contributed by atoms with Gasteiger partial charge in [-0.05, 0) is 78.3 Å². The van der Waals surface area contributed by atoms with Gasteiger partial charge in [-0.25, -0.2) is 0 Å². The topological polar surface area (TPSA) is 54.3 Å². The van der Waals surface area contributed by atoms with Crippen LogP contribution in [-0.2, 0) is 9.59 Å². The largest absolute Gasteiger partial charge is 0.309 e. The zero-order chi connectivity index (χ0) is 28.5. The van der Waals surface area contributed by atoms with Gasteiger partial charge in [0.05, 0.1) is 17.1 Å². The van der Waals surface area contributed by atoms with Gasteiger partial charge in [0, 0.05) is 15.7 Å². The highest BCUT2D eigenvalue weighted by Gasteiger charge is 2.35. The number of hydrogen-bond acceptors (Lipinski definition) is 3. The first-order valence-corrected chi connectivity index (χ1v) is 14.2. The molecule has 0 unspecified atom stereocenters. The number of nitrogens with zero attached hydrogens (tertiary/aromatic N) is 2. The molecular formula is C34H24BrN3O2S. The van der Waals surface area contributed by atoms with Crippen molar-refractivity contribution in [3.63, 3.8) is 0 Å². The monoisotopic (exact) mass is 617 g/mol. The second-order valence-corrected chi connectivity index (χ2v) is 10.9. The van der Waals surface area contributed by atoms with E-state index < -0.39 is 11.8 Å². The van der Waals surface area contributed by atoms with Crippen LogP contribution in [0.3, 0.4) is 0 Å². The number of benzene rings is 4. The summed E-state index contributed by atoms with van der Waals surface area (Å²) in [5, 5.41) is 2.79. The number of halogens is 1. The van der Waals surface area contributed by atoms with Crippen molar-refractivity contribution >= 4 is 56.8 Å². The molecule has 1 aromatic heterocycles. The van der Waals surface area contributed by atoms with Gasteiger partial charge in [-0.15, -0.1) is 0 Å². The highest BCUT2D eigenvalue weighted by Crippen LogP contribution is 2.38. The fourth-order valence-corrected chi connectivity index (χ4v) is 5.60. The number of rotatable bonds is 5. The summed E-state index contributed by atoms with van der Waals surface area (Å²) in [5.41, 5.74) is 6.91. The number of aryl methyl sites for hydroxylation is 1. The molecule has 1 saturated heterocycles. The third kappa shape index (κ3) is 5.06. The van der Waals surface area contributed by atoms with Crippen molar-refractivity contribution in [1.82, 2.24) is 9.88 Å². The number of nitrogens with one attached hydrogen (secondary N) is 1. The van der Waals surface area contributed by atoms with Crippen molar-refractivity contribution in [2.45, 2.75) is 6.92 Å². The SMILES string of the molecule is Cc1ccccc1N1C(=O)/C(=C\c2cc(-c3ccccc3)n(-c3ccc(Br)cc3)c2-c2ccccc2)C(=O)NC1=S. The number of para-hydroxylation sites is 1. The molecule has 4 aromatic carbocycles. The normalized spacial score (nSPS) is 14.4. The average molecular weight is 619 g/mol. The van der Waals surface area contributed by atoms with Gasteiger partial charge < -0.3 is 4.57 Å². The Bertz CT molecular complexity index is 1830. The molecule has 5 aromatic rings. The molecule has 200 valence electrons. The number of carbonyl (C=O) groups is 2. The zero-order valence-electron chi connectivity index (χ0n) is 22.0. The molecular weight excluding hydrogens is 594 g/mol. The minimum atomic E-state index is -0.526. The van der Waals surface area contributed by atoms with E-state index in [0.717, 1.165) is 43.8 Å². The summed E-state index contributed by atoms with van der Waals surface area (Å²) in [6.07, 6.45) is 1.68. The maximum Gasteiger partial charge on any atom is 0.270 e. The maximum absolute atomic E-state index is 13.9. The Hall–Kier alpha value is -4.59. The summed E-state index contributed by atoms with van der Waals surface area (Å²) in [6, 6.07) is 37.6. The molecule has 1 aliphatic heterocycles. The van der Waals surface area contributed by atoms with Crippen molar-refractivity contribution in [3.8, 4) is 28.2 Å². The molecule has 6 rings (SSSR count). The standard InChI is InChI=1S/C34H24BrN3O2S/c1-22-10-8-9-15-29(22)38-33(40)28(32(39)36-34(38)41)20-25-21-30(23-11-4-2-5-12-23)37(27-18-16-26(35)17-19-27)31(25)24-13-6-3-7-14-24/h2-21H,1H3,(H,36,39,41)/b28-20-. The minimum Gasteiger partial charge on any atom is -0.309 e. The van der Waals surface area contributed by atoms with Crippen LogP contribution in [0, 0.1) is 6.92 Å². The Morgan fingerprint density at radius 2 is 1.39 bits per heavy atom. The highest BCUT2D eigenvalue weighted by molar-refractivity contribution is 9.10. The molecule has 2 amide bonds. The molecule has 41 heavy (non-hydrogen) atoms. The van der Waals surface area contributed by atoms with Gasteiger partial charge in [0.25, 0.3) is 11.8 Å². The number of carbonyl (C=O) groups excluding carboxylic acids is 2. The van der Waals surface area contributed by atoms with E-state index >= 15 is 0 Å². The lowest BCUT2D eigenvalue weighted by Crippen LogP contribution is -2.54. The molecule has 7 heteroatoms. The fraction of sp³-hybridized carbons (Fsp3) is 0.0294. The molecule has 0 spiro atoms. The Balaban J connectivity index is 1.61. The number of anilines is 1. The van der Waals surface area contributed by atoms with Crippen LogP contribution >= 0.6 is 28.1 Å². The van der Waals surface area contributed by atoms with E-state index in [0.29, 0.717) is 5.69 Å².